The number of halogens is 1. The van der Waals surface area contributed by atoms with Crippen molar-refractivity contribution in [2.75, 3.05) is 13.1 Å². The molecular weight excluding hydrogens is 363 g/mol. The Labute approximate surface area is 163 Å². The Morgan fingerprint density at radius 3 is 2.93 bits per heavy atom. The highest BCUT2D eigenvalue weighted by Gasteiger charge is 2.37. The molecule has 2 fully saturated rings. The molecule has 0 spiro atoms. The number of rotatable bonds is 5. The summed E-state index contributed by atoms with van der Waals surface area (Å²) in [5.74, 6) is -0.128. The van der Waals surface area contributed by atoms with Crippen molar-refractivity contribution in [2.45, 2.75) is 51.6 Å². The molecule has 1 aromatic carbocycles. The van der Waals surface area contributed by atoms with Crippen LogP contribution in [0.25, 0.3) is 0 Å². The van der Waals surface area contributed by atoms with Gasteiger partial charge in [-0.05, 0) is 31.9 Å². The van der Waals surface area contributed by atoms with Crippen LogP contribution in [0.3, 0.4) is 0 Å². The Morgan fingerprint density at radius 2 is 2.29 bits per heavy atom. The minimum Gasteiger partial charge on any atom is -0.362 e. The summed E-state index contributed by atoms with van der Waals surface area (Å²) in [6.07, 6.45) is 0.898. The van der Waals surface area contributed by atoms with Crippen molar-refractivity contribution in [2.24, 2.45) is 4.99 Å². The van der Waals surface area contributed by atoms with Crippen LogP contribution in [0.1, 0.15) is 31.4 Å². The van der Waals surface area contributed by atoms with Crippen molar-refractivity contribution in [1.82, 2.24) is 20.9 Å². The minimum absolute atomic E-state index is 0.104. The SMILES string of the molecule is CC1=C([N+](=O)[O-])C(NCc2ccc(CN3CC4CC3CN4)cc2F)=NC(C)N1. The third-order valence-corrected chi connectivity index (χ3v) is 5.63. The molecule has 2 saturated heterocycles. The number of amidine groups is 1. The lowest BCUT2D eigenvalue weighted by atomic mass is 10.1. The van der Waals surface area contributed by atoms with Gasteiger partial charge in [0.05, 0.1) is 10.6 Å². The van der Waals surface area contributed by atoms with E-state index in [1.807, 2.05) is 6.07 Å². The van der Waals surface area contributed by atoms with E-state index in [0.717, 1.165) is 25.2 Å². The van der Waals surface area contributed by atoms with Gasteiger partial charge in [-0.3, -0.25) is 15.0 Å². The molecule has 150 valence electrons. The molecule has 0 aromatic heterocycles. The first-order valence-corrected chi connectivity index (χ1v) is 9.59. The summed E-state index contributed by atoms with van der Waals surface area (Å²) < 4.78 is 14.6. The molecule has 3 atom stereocenters. The first kappa shape index (κ1) is 18.8. The fourth-order valence-corrected chi connectivity index (χ4v) is 4.29. The molecule has 1 aromatic rings. The maximum absolute atomic E-state index is 14.6. The number of nitrogens with one attached hydrogen (secondary N) is 3. The first-order valence-electron chi connectivity index (χ1n) is 9.59. The lowest BCUT2D eigenvalue weighted by molar-refractivity contribution is -0.417. The summed E-state index contributed by atoms with van der Waals surface area (Å²) in [5.41, 5.74) is 1.75. The molecule has 4 rings (SSSR count). The predicted molar refractivity (Wildman–Crippen MR) is 104 cm³/mol. The van der Waals surface area contributed by atoms with E-state index in [1.54, 1.807) is 26.0 Å². The van der Waals surface area contributed by atoms with Crippen LogP contribution in [0.2, 0.25) is 0 Å². The summed E-state index contributed by atoms with van der Waals surface area (Å²) >= 11 is 0. The van der Waals surface area contributed by atoms with Crippen molar-refractivity contribution >= 4 is 5.84 Å². The molecule has 28 heavy (non-hydrogen) atoms. The molecule has 0 aliphatic carbocycles. The molecular formula is C19H25FN6O2. The zero-order valence-corrected chi connectivity index (χ0v) is 16.0. The number of benzene rings is 1. The van der Waals surface area contributed by atoms with E-state index in [2.05, 4.69) is 25.8 Å². The van der Waals surface area contributed by atoms with Crippen LogP contribution in [0.5, 0.6) is 0 Å². The number of likely N-dealkylation sites (tertiary alicyclic amines) is 1. The zero-order valence-electron chi connectivity index (χ0n) is 16.0. The van der Waals surface area contributed by atoms with E-state index in [9.17, 15) is 14.5 Å². The van der Waals surface area contributed by atoms with Gasteiger partial charge in [0.1, 0.15) is 12.0 Å². The van der Waals surface area contributed by atoms with Crippen LogP contribution in [0, 0.1) is 15.9 Å². The molecule has 3 unspecified atom stereocenters. The normalized spacial score (nSPS) is 27.0. The van der Waals surface area contributed by atoms with Gasteiger partial charge in [-0.2, -0.15) is 0 Å². The second-order valence-corrected chi connectivity index (χ2v) is 7.73. The first-order chi connectivity index (χ1) is 13.4. The second-order valence-electron chi connectivity index (χ2n) is 7.73. The summed E-state index contributed by atoms with van der Waals surface area (Å²) in [6.45, 7) is 6.35. The Bertz CT molecular complexity index is 855. The van der Waals surface area contributed by atoms with Gasteiger partial charge in [0.2, 0.25) is 5.84 Å². The highest BCUT2D eigenvalue weighted by molar-refractivity contribution is 5.97. The molecule has 3 aliphatic heterocycles. The number of hydrogen-bond donors (Lipinski definition) is 3. The number of piperazine rings is 1. The predicted octanol–water partition coefficient (Wildman–Crippen LogP) is 1.32. The van der Waals surface area contributed by atoms with Crippen LogP contribution in [-0.4, -0.2) is 47.0 Å². The topological polar surface area (TPSA) is 94.8 Å². The number of fused-ring (bicyclic) bond motifs is 2. The van der Waals surface area contributed by atoms with E-state index >= 15 is 0 Å². The molecule has 2 bridgehead atoms. The lowest BCUT2D eigenvalue weighted by Crippen LogP contribution is -2.43. The van der Waals surface area contributed by atoms with Crippen LogP contribution in [0.4, 0.5) is 4.39 Å². The van der Waals surface area contributed by atoms with Gasteiger partial charge in [-0.25, -0.2) is 9.38 Å². The van der Waals surface area contributed by atoms with Gasteiger partial charge in [0, 0.05) is 43.8 Å². The number of aliphatic imine (C=N–C) groups is 1. The molecule has 3 heterocycles. The van der Waals surface area contributed by atoms with E-state index in [1.165, 1.54) is 6.42 Å². The molecule has 9 heteroatoms. The smallest absolute Gasteiger partial charge is 0.329 e. The average Bonchev–Trinajstić information content (AvgIpc) is 3.23. The van der Waals surface area contributed by atoms with Crippen molar-refractivity contribution in [1.29, 1.82) is 0 Å². The Kier molecular flexibility index (Phi) is 5.03. The van der Waals surface area contributed by atoms with Crippen molar-refractivity contribution in [3.05, 3.63) is 56.7 Å². The number of nitrogens with zero attached hydrogens (tertiary/aromatic N) is 3. The van der Waals surface area contributed by atoms with Gasteiger partial charge < -0.3 is 16.0 Å². The zero-order chi connectivity index (χ0) is 19.8. The highest BCUT2D eigenvalue weighted by atomic mass is 19.1. The van der Waals surface area contributed by atoms with E-state index < -0.39 is 4.92 Å². The van der Waals surface area contributed by atoms with Crippen LogP contribution in [0.15, 0.2) is 34.6 Å². The molecule has 0 amide bonds. The maximum Gasteiger partial charge on any atom is 0.329 e. The fraction of sp³-hybridized carbons (Fsp3) is 0.526. The Morgan fingerprint density at radius 1 is 1.46 bits per heavy atom. The van der Waals surface area contributed by atoms with E-state index in [-0.39, 0.29) is 30.1 Å². The highest BCUT2D eigenvalue weighted by Crippen LogP contribution is 2.25. The van der Waals surface area contributed by atoms with Crippen LogP contribution in [-0.2, 0) is 13.1 Å². The van der Waals surface area contributed by atoms with Crippen molar-refractivity contribution in [3.63, 3.8) is 0 Å². The molecule has 3 N–H and O–H groups in total. The number of nitro groups is 1. The summed E-state index contributed by atoms with van der Waals surface area (Å²) in [7, 11) is 0. The quantitative estimate of drug-likeness (QED) is 0.520. The van der Waals surface area contributed by atoms with Gasteiger partial charge in [0.25, 0.3) is 0 Å². The summed E-state index contributed by atoms with van der Waals surface area (Å²) in [5, 5.41) is 20.7. The van der Waals surface area contributed by atoms with Crippen LogP contribution < -0.4 is 16.0 Å². The third-order valence-electron chi connectivity index (χ3n) is 5.63. The van der Waals surface area contributed by atoms with Gasteiger partial charge in [0.15, 0.2) is 0 Å². The van der Waals surface area contributed by atoms with Gasteiger partial charge >= 0.3 is 5.70 Å². The van der Waals surface area contributed by atoms with Crippen LogP contribution >= 0.6 is 0 Å². The van der Waals surface area contributed by atoms with Gasteiger partial charge in [-0.1, -0.05) is 12.1 Å². The second kappa shape index (κ2) is 7.48. The summed E-state index contributed by atoms with van der Waals surface area (Å²) in [6, 6.07) is 6.36. The lowest BCUT2D eigenvalue weighted by Gasteiger charge is -2.27. The minimum atomic E-state index is -0.474. The number of allylic oxidation sites excluding steroid dienone is 1. The number of hydrogen-bond acceptors (Lipinski definition) is 7. The fourth-order valence-electron chi connectivity index (χ4n) is 4.29. The van der Waals surface area contributed by atoms with E-state index in [0.29, 0.717) is 23.3 Å². The largest absolute Gasteiger partial charge is 0.362 e. The molecule has 8 nitrogen and oxygen atoms in total. The third kappa shape index (κ3) is 3.72. The Balaban J connectivity index is 1.42. The maximum atomic E-state index is 14.6. The van der Waals surface area contributed by atoms with E-state index in [4.69, 9.17) is 0 Å². The summed E-state index contributed by atoms with van der Waals surface area (Å²) in [4.78, 5) is 17.5. The Hall–Kier alpha value is -2.52. The standard InChI is InChI=1S/C19H25FN6O2/c1-11-18(26(27)28)19(24-12(2)23-11)22-7-14-4-3-13(5-17(14)20)9-25-10-15-6-16(25)8-21-15/h3-5,12,15-16,21,23H,6-10H2,1-2H3,(H,22,24). The monoisotopic (exact) mass is 388 g/mol. The van der Waals surface area contributed by atoms with Gasteiger partial charge in [-0.15, -0.1) is 0 Å². The van der Waals surface area contributed by atoms with Crippen molar-refractivity contribution < 1.29 is 9.31 Å². The van der Waals surface area contributed by atoms with Crippen molar-refractivity contribution in [3.8, 4) is 0 Å². The molecule has 0 saturated carbocycles. The molecule has 0 radical (unpaired) electrons. The molecule has 3 aliphatic rings. The average molecular weight is 388 g/mol.